The normalized spacial score (nSPS) is 14.1. The van der Waals surface area contributed by atoms with Gasteiger partial charge in [0.25, 0.3) is 0 Å². The molecule has 0 fully saturated rings. The smallest absolute Gasteiger partial charge is 0.0722 e. The second-order valence-electron chi connectivity index (χ2n) is 4.36. The number of hydrogen-bond acceptors (Lipinski definition) is 1. The summed E-state index contributed by atoms with van der Waals surface area (Å²) in [5.41, 5.74) is 6.08. The highest BCUT2D eigenvalue weighted by Gasteiger charge is 2.02. The van der Waals surface area contributed by atoms with Gasteiger partial charge in [-0.15, -0.1) is 0 Å². The number of rotatable bonds is 2. The van der Waals surface area contributed by atoms with Gasteiger partial charge >= 0.3 is 0 Å². The molecule has 1 aromatic rings. The average molecular weight is 204 g/mol. The van der Waals surface area contributed by atoms with Gasteiger partial charge in [-0.05, 0) is 62.4 Å². The summed E-state index contributed by atoms with van der Waals surface area (Å²) in [7, 11) is 0. The van der Waals surface area contributed by atoms with Crippen LogP contribution < -0.4 is 0 Å². The van der Waals surface area contributed by atoms with Crippen LogP contribution >= 0.6 is 0 Å². The van der Waals surface area contributed by atoms with Crippen molar-refractivity contribution in [2.24, 2.45) is 0 Å². The van der Waals surface area contributed by atoms with Gasteiger partial charge in [-0.1, -0.05) is 18.2 Å². The van der Waals surface area contributed by atoms with Crippen molar-refractivity contribution >= 4 is 6.08 Å². The molecule has 0 amide bonds. The Kier molecular flexibility index (Phi) is 3.70. The minimum Gasteiger partial charge on any atom is -0.389 e. The van der Waals surface area contributed by atoms with Gasteiger partial charge in [0.05, 0.1) is 6.10 Å². The molecular formula is C14H20O. The maximum absolute atomic E-state index is 9.43. The van der Waals surface area contributed by atoms with Crippen molar-refractivity contribution in [1.29, 1.82) is 0 Å². The number of hydrogen-bond donors (Lipinski definition) is 1. The van der Waals surface area contributed by atoms with Crippen LogP contribution in [0, 0.1) is 20.8 Å². The maximum atomic E-state index is 9.43. The molecule has 0 bridgehead atoms. The molecule has 15 heavy (non-hydrogen) atoms. The van der Waals surface area contributed by atoms with Crippen LogP contribution in [-0.4, -0.2) is 11.2 Å². The van der Waals surface area contributed by atoms with Gasteiger partial charge in [0.2, 0.25) is 0 Å². The third-order valence-corrected chi connectivity index (χ3v) is 2.92. The first kappa shape index (κ1) is 12.0. The van der Waals surface area contributed by atoms with E-state index in [0.717, 1.165) is 5.57 Å². The Hall–Kier alpha value is -1.08. The molecule has 0 aliphatic carbocycles. The van der Waals surface area contributed by atoms with Gasteiger partial charge in [0.15, 0.2) is 0 Å². The first-order chi connectivity index (χ1) is 6.91. The van der Waals surface area contributed by atoms with Crippen molar-refractivity contribution in [2.45, 2.75) is 40.7 Å². The Bertz CT molecular complexity index is 387. The zero-order chi connectivity index (χ0) is 11.6. The van der Waals surface area contributed by atoms with Crippen LogP contribution in [0.2, 0.25) is 0 Å². The van der Waals surface area contributed by atoms with Gasteiger partial charge in [-0.2, -0.15) is 0 Å². The fourth-order valence-electron chi connectivity index (χ4n) is 1.50. The molecular weight excluding hydrogens is 184 g/mol. The number of aryl methyl sites for hydroxylation is 3. The highest BCUT2D eigenvalue weighted by molar-refractivity contribution is 5.58. The monoisotopic (exact) mass is 204 g/mol. The largest absolute Gasteiger partial charge is 0.389 e. The number of aliphatic hydroxyl groups is 1. The molecule has 0 saturated heterocycles. The maximum Gasteiger partial charge on any atom is 0.0722 e. The van der Waals surface area contributed by atoms with Crippen LogP contribution in [0.5, 0.6) is 0 Å². The summed E-state index contributed by atoms with van der Waals surface area (Å²) in [6.45, 7) is 10.1. The average Bonchev–Trinajstić information content (AvgIpc) is 2.13. The van der Waals surface area contributed by atoms with Crippen LogP contribution in [0.15, 0.2) is 17.7 Å². The lowest BCUT2D eigenvalue weighted by Crippen LogP contribution is -2.00. The molecule has 0 spiro atoms. The van der Waals surface area contributed by atoms with Crippen molar-refractivity contribution in [2.75, 3.05) is 0 Å². The van der Waals surface area contributed by atoms with E-state index >= 15 is 0 Å². The minimum atomic E-state index is -0.369. The van der Waals surface area contributed by atoms with Crippen LogP contribution in [0.1, 0.15) is 36.1 Å². The van der Waals surface area contributed by atoms with E-state index in [4.69, 9.17) is 0 Å². The topological polar surface area (TPSA) is 20.2 Å². The van der Waals surface area contributed by atoms with E-state index in [2.05, 4.69) is 39.0 Å². The Morgan fingerprint density at radius 2 is 1.67 bits per heavy atom. The Labute approximate surface area is 92.5 Å². The summed E-state index contributed by atoms with van der Waals surface area (Å²) in [5, 5.41) is 9.43. The van der Waals surface area contributed by atoms with E-state index in [1.54, 1.807) is 6.92 Å². The second-order valence-corrected chi connectivity index (χ2v) is 4.36. The van der Waals surface area contributed by atoms with E-state index in [0.29, 0.717) is 0 Å². The van der Waals surface area contributed by atoms with Gasteiger partial charge in [-0.3, -0.25) is 0 Å². The Morgan fingerprint density at radius 3 is 2.20 bits per heavy atom. The van der Waals surface area contributed by atoms with Gasteiger partial charge < -0.3 is 5.11 Å². The molecule has 1 aromatic carbocycles. The van der Waals surface area contributed by atoms with Crippen molar-refractivity contribution in [1.82, 2.24) is 0 Å². The predicted molar refractivity (Wildman–Crippen MR) is 66.0 cm³/mol. The first-order valence-corrected chi connectivity index (χ1v) is 5.36. The van der Waals surface area contributed by atoms with Crippen LogP contribution in [0.4, 0.5) is 0 Å². The van der Waals surface area contributed by atoms with Crippen molar-refractivity contribution < 1.29 is 5.11 Å². The third-order valence-electron chi connectivity index (χ3n) is 2.92. The summed E-state index contributed by atoms with van der Waals surface area (Å²) in [6.07, 6.45) is 1.69. The summed E-state index contributed by atoms with van der Waals surface area (Å²) in [5.74, 6) is 0. The molecule has 1 atom stereocenters. The van der Waals surface area contributed by atoms with Crippen LogP contribution in [-0.2, 0) is 0 Å². The first-order valence-electron chi connectivity index (χ1n) is 5.36. The highest BCUT2D eigenvalue weighted by atomic mass is 16.3. The quantitative estimate of drug-likeness (QED) is 0.783. The van der Waals surface area contributed by atoms with Crippen molar-refractivity contribution in [3.8, 4) is 0 Å². The zero-order valence-corrected chi connectivity index (χ0v) is 10.3. The third kappa shape index (κ3) is 2.93. The van der Waals surface area contributed by atoms with Crippen LogP contribution in [0.3, 0.4) is 0 Å². The molecule has 1 N–H and O–H groups in total. The number of aliphatic hydroxyl groups excluding tert-OH is 1. The molecule has 0 heterocycles. The molecule has 0 aliphatic rings. The highest BCUT2D eigenvalue weighted by Crippen LogP contribution is 2.18. The summed E-state index contributed by atoms with van der Waals surface area (Å²) < 4.78 is 0. The van der Waals surface area contributed by atoms with E-state index in [-0.39, 0.29) is 6.10 Å². The van der Waals surface area contributed by atoms with E-state index < -0.39 is 0 Å². The summed E-state index contributed by atoms with van der Waals surface area (Å²) in [6, 6.07) is 4.37. The lowest BCUT2D eigenvalue weighted by atomic mass is 9.98. The van der Waals surface area contributed by atoms with Gasteiger partial charge in [0, 0.05) is 0 Å². The fourth-order valence-corrected chi connectivity index (χ4v) is 1.50. The molecule has 0 radical (unpaired) electrons. The molecule has 1 heteroatoms. The molecule has 0 saturated carbocycles. The summed E-state index contributed by atoms with van der Waals surface area (Å²) >= 11 is 0. The standard InChI is InChI=1S/C14H20O/c1-9-6-12(4)14(7-10(9)2)8-11(3)13(5)15/h6-8,13,15H,1-5H3/b11-8+. The Morgan fingerprint density at radius 1 is 1.13 bits per heavy atom. The number of benzene rings is 1. The van der Waals surface area contributed by atoms with Gasteiger partial charge in [0.1, 0.15) is 0 Å². The molecule has 0 aliphatic heterocycles. The van der Waals surface area contributed by atoms with E-state index in [1.807, 2.05) is 6.92 Å². The minimum absolute atomic E-state index is 0.369. The molecule has 1 nitrogen and oxygen atoms in total. The van der Waals surface area contributed by atoms with Crippen LogP contribution in [0.25, 0.3) is 6.08 Å². The SMILES string of the molecule is C/C(=C\c1cc(C)c(C)cc1C)C(C)O. The molecule has 1 unspecified atom stereocenters. The molecule has 82 valence electrons. The lowest BCUT2D eigenvalue weighted by molar-refractivity contribution is 0.232. The predicted octanol–water partition coefficient (Wildman–Crippen LogP) is 3.40. The Balaban J connectivity index is 3.16. The lowest BCUT2D eigenvalue weighted by Gasteiger charge is -2.09. The fraction of sp³-hybridized carbons (Fsp3) is 0.429. The molecule has 0 aromatic heterocycles. The zero-order valence-electron chi connectivity index (χ0n) is 10.3. The molecule has 1 rings (SSSR count). The van der Waals surface area contributed by atoms with E-state index in [9.17, 15) is 5.11 Å². The summed E-state index contributed by atoms with van der Waals surface area (Å²) in [4.78, 5) is 0. The van der Waals surface area contributed by atoms with Gasteiger partial charge in [-0.25, -0.2) is 0 Å². The van der Waals surface area contributed by atoms with E-state index in [1.165, 1.54) is 22.3 Å². The van der Waals surface area contributed by atoms with Crippen molar-refractivity contribution in [3.63, 3.8) is 0 Å². The second kappa shape index (κ2) is 4.63. The van der Waals surface area contributed by atoms with Crippen molar-refractivity contribution in [3.05, 3.63) is 40.0 Å².